The predicted octanol–water partition coefficient (Wildman–Crippen LogP) is 1.47. The van der Waals surface area contributed by atoms with Gasteiger partial charge in [0.25, 0.3) is 0 Å². The number of carbonyl (C=O) groups excluding carboxylic acids is 1. The summed E-state index contributed by atoms with van der Waals surface area (Å²) in [5.41, 5.74) is 5.77. The SMILES string of the molecule is CC(NC(=O)C(N)CCS(C)(=O)=O)C(C)C1CCCCC1. The summed E-state index contributed by atoms with van der Waals surface area (Å²) >= 11 is 0. The number of hydrogen-bond acceptors (Lipinski definition) is 4. The molecule has 0 aromatic heterocycles. The Kier molecular flexibility index (Phi) is 7.13. The van der Waals surface area contributed by atoms with E-state index in [9.17, 15) is 13.2 Å². The molecule has 0 radical (unpaired) electrons. The van der Waals surface area contributed by atoms with Crippen molar-refractivity contribution in [3.05, 3.63) is 0 Å². The van der Waals surface area contributed by atoms with Gasteiger partial charge in [0.2, 0.25) is 5.91 Å². The Bertz CT molecular complexity index is 430. The fourth-order valence-electron chi connectivity index (χ4n) is 3.00. The van der Waals surface area contributed by atoms with Crippen molar-refractivity contribution in [2.45, 2.75) is 64.5 Å². The van der Waals surface area contributed by atoms with Gasteiger partial charge in [-0.05, 0) is 25.2 Å². The van der Waals surface area contributed by atoms with Crippen LogP contribution in [-0.2, 0) is 14.6 Å². The van der Waals surface area contributed by atoms with Crippen LogP contribution in [0.2, 0.25) is 0 Å². The molecule has 1 saturated carbocycles. The maximum absolute atomic E-state index is 12.0. The lowest BCUT2D eigenvalue weighted by molar-refractivity contribution is -0.123. The third kappa shape index (κ3) is 6.78. The van der Waals surface area contributed by atoms with Crippen LogP contribution >= 0.6 is 0 Å². The highest BCUT2D eigenvalue weighted by molar-refractivity contribution is 7.90. The maximum atomic E-state index is 12.0. The van der Waals surface area contributed by atoms with Gasteiger partial charge in [0.1, 0.15) is 9.84 Å². The van der Waals surface area contributed by atoms with E-state index in [1.54, 1.807) is 0 Å². The Morgan fingerprint density at radius 2 is 1.81 bits per heavy atom. The molecule has 6 heteroatoms. The summed E-state index contributed by atoms with van der Waals surface area (Å²) < 4.78 is 22.2. The zero-order valence-electron chi connectivity index (χ0n) is 13.5. The molecular weight excluding hydrogens is 288 g/mol. The Hall–Kier alpha value is -0.620. The van der Waals surface area contributed by atoms with Crippen molar-refractivity contribution < 1.29 is 13.2 Å². The van der Waals surface area contributed by atoms with E-state index in [4.69, 9.17) is 5.73 Å². The smallest absolute Gasteiger partial charge is 0.237 e. The average Bonchev–Trinajstić information content (AvgIpc) is 2.43. The predicted molar refractivity (Wildman–Crippen MR) is 85.6 cm³/mol. The molecule has 0 aromatic rings. The van der Waals surface area contributed by atoms with Gasteiger partial charge < -0.3 is 11.1 Å². The highest BCUT2D eigenvalue weighted by atomic mass is 32.2. The summed E-state index contributed by atoms with van der Waals surface area (Å²) in [5.74, 6) is 0.806. The summed E-state index contributed by atoms with van der Waals surface area (Å²) in [6.07, 6.45) is 7.69. The fraction of sp³-hybridized carbons (Fsp3) is 0.933. The van der Waals surface area contributed by atoms with E-state index in [0.29, 0.717) is 11.8 Å². The first kappa shape index (κ1) is 18.4. The van der Waals surface area contributed by atoms with E-state index in [-0.39, 0.29) is 24.1 Å². The Balaban J connectivity index is 2.41. The summed E-state index contributed by atoms with van der Waals surface area (Å²) in [6.45, 7) is 4.20. The summed E-state index contributed by atoms with van der Waals surface area (Å²) in [5, 5.41) is 2.95. The van der Waals surface area contributed by atoms with Crippen molar-refractivity contribution in [1.29, 1.82) is 0 Å². The van der Waals surface area contributed by atoms with Crippen LogP contribution < -0.4 is 11.1 Å². The van der Waals surface area contributed by atoms with Gasteiger partial charge in [-0.15, -0.1) is 0 Å². The lowest BCUT2D eigenvalue weighted by Crippen LogP contribution is -2.48. The quantitative estimate of drug-likeness (QED) is 0.744. The summed E-state index contributed by atoms with van der Waals surface area (Å²) in [4.78, 5) is 12.0. The van der Waals surface area contributed by atoms with Crippen molar-refractivity contribution >= 4 is 15.7 Å². The topological polar surface area (TPSA) is 89.3 Å². The van der Waals surface area contributed by atoms with Crippen molar-refractivity contribution in [2.24, 2.45) is 17.6 Å². The Morgan fingerprint density at radius 1 is 1.24 bits per heavy atom. The van der Waals surface area contributed by atoms with Gasteiger partial charge in [-0.2, -0.15) is 0 Å². The Morgan fingerprint density at radius 3 is 2.33 bits per heavy atom. The van der Waals surface area contributed by atoms with Crippen LogP contribution in [0, 0.1) is 11.8 Å². The minimum absolute atomic E-state index is 0.0475. The number of carbonyl (C=O) groups is 1. The molecule has 124 valence electrons. The van der Waals surface area contributed by atoms with E-state index < -0.39 is 15.9 Å². The maximum Gasteiger partial charge on any atom is 0.237 e. The molecule has 3 atom stereocenters. The molecule has 5 nitrogen and oxygen atoms in total. The van der Waals surface area contributed by atoms with Crippen molar-refractivity contribution in [3.63, 3.8) is 0 Å². The first-order valence-corrected chi connectivity index (χ1v) is 10.0. The zero-order chi connectivity index (χ0) is 16.0. The number of rotatable bonds is 7. The lowest BCUT2D eigenvalue weighted by Gasteiger charge is -2.32. The van der Waals surface area contributed by atoms with Crippen LogP contribution in [0.25, 0.3) is 0 Å². The second kappa shape index (κ2) is 8.13. The first-order chi connectivity index (χ1) is 9.70. The lowest BCUT2D eigenvalue weighted by atomic mass is 9.78. The highest BCUT2D eigenvalue weighted by Crippen LogP contribution is 2.31. The third-order valence-corrected chi connectivity index (χ3v) is 5.67. The largest absolute Gasteiger partial charge is 0.352 e. The Labute approximate surface area is 129 Å². The number of nitrogens with one attached hydrogen (secondary N) is 1. The van der Waals surface area contributed by atoms with Gasteiger partial charge in [0.05, 0.1) is 11.8 Å². The molecule has 21 heavy (non-hydrogen) atoms. The molecule has 0 aliphatic heterocycles. The monoisotopic (exact) mass is 318 g/mol. The van der Waals surface area contributed by atoms with Gasteiger partial charge in [-0.25, -0.2) is 8.42 Å². The number of amides is 1. The average molecular weight is 318 g/mol. The minimum Gasteiger partial charge on any atom is -0.352 e. The van der Waals surface area contributed by atoms with E-state index >= 15 is 0 Å². The van der Waals surface area contributed by atoms with E-state index in [2.05, 4.69) is 12.2 Å². The molecule has 1 amide bonds. The zero-order valence-corrected chi connectivity index (χ0v) is 14.3. The number of sulfone groups is 1. The van der Waals surface area contributed by atoms with Crippen LogP contribution in [0.1, 0.15) is 52.4 Å². The summed E-state index contributed by atoms with van der Waals surface area (Å²) in [6, 6.07) is -0.675. The molecule has 1 rings (SSSR count). The molecule has 0 heterocycles. The molecule has 1 fully saturated rings. The van der Waals surface area contributed by atoms with Crippen LogP contribution in [0.15, 0.2) is 0 Å². The third-order valence-electron chi connectivity index (χ3n) is 4.69. The molecule has 1 aliphatic rings. The second-order valence-corrected chi connectivity index (χ2v) is 8.84. The van der Waals surface area contributed by atoms with Gasteiger partial charge >= 0.3 is 0 Å². The molecule has 0 saturated heterocycles. The van der Waals surface area contributed by atoms with Gasteiger partial charge in [0.15, 0.2) is 0 Å². The molecule has 3 unspecified atom stereocenters. The van der Waals surface area contributed by atoms with Crippen LogP contribution in [0.5, 0.6) is 0 Å². The van der Waals surface area contributed by atoms with Gasteiger partial charge in [-0.3, -0.25) is 4.79 Å². The van der Waals surface area contributed by atoms with Crippen molar-refractivity contribution in [1.82, 2.24) is 5.32 Å². The molecule has 3 N–H and O–H groups in total. The molecule has 0 spiro atoms. The van der Waals surface area contributed by atoms with Gasteiger partial charge in [0, 0.05) is 12.3 Å². The normalized spacial score (nSPS) is 21.5. The van der Waals surface area contributed by atoms with E-state index in [1.807, 2.05) is 6.92 Å². The second-order valence-electron chi connectivity index (χ2n) is 6.58. The van der Waals surface area contributed by atoms with Gasteiger partial charge in [-0.1, -0.05) is 39.0 Å². The van der Waals surface area contributed by atoms with Crippen LogP contribution in [0.3, 0.4) is 0 Å². The summed E-state index contributed by atoms with van der Waals surface area (Å²) in [7, 11) is -3.07. The molecule has 0 aromatic carbocycles. The van der Waals surface area contributed by atoms with Crippen molar-refractivity contribution in [3.8, 4) is 0 Å². The number of nitrogens with two attached hydrogens (primary N) is 1. The molecular formula is C15H30N2O3S. The number of hydrogen-bond donors (Lipinski definition) is 2. The van der Waals surface area contributed by atoms with E-state index in [1.165, 1.54) is 32.1 Å². The van der Waals surface area contributed by atoms with E-state index in [0.717, 1.165) is 6.26 Å². The molecule has 1 aliphatic carbocycles. The molecule has 0 bridgehead atoms. The van der Waals surface area contributed by atoms with Crippen LogP contribution in [-0.4, -0.2) is 38.4 Å². The van der Waals surface area contributed by atoms with Crippen molar-refractivity contribution in [2.75, 3.05) is 12.0 Å². The van der Waals surface area contributed by atoms with Crippen LogP contribution in [0.4, 0.5) is 0 Å². The standard InChI is InChI=1S/C15H30N2O3S/c1-11(13-7-5-4-6-8-13)12(2)17-15(18)14(16)9-10-21(3,19)20/h11-14H,4-10,16H2,1-3H3,(H,17,18). The highest BCUT2D eigenvalue weighted by Gasteiger charge is 2.26. The first-order valence-electron chi connectivity index (χ1n) is 7.94. The minimum atomic E-state index is -3.07. The fourth-order valence-corrected chi connectivity index (χ4v) is 3.69.